The van der Waals surface area contributed by atoms with E-state index in [9.17, 15) is 10.2 Å². The number of hydrogen-bond acceptors (Lipinski definition) is 6. The van der Waals surface area contributed by atoms with Crippen LogP contribution in [0.25, 0.3) is 0 Å². The van der Waals surface area contributed by atoms with Gasteiger partial charge in [-0.15, -0.1) is 0 Å². The van der Waals surface area contributed by atoms with Gasteiger partial charge in [-0.3, -0.25) is 9.58 Å². The van der Waals surface area contributed by atoms with E-state index in [2.05, 4.69) is 10.00 Å². The number of halogens is 1. The Balaban J connectivity index is 1.31. The van der Waals surface area contributed by atoms with Gasteiger partial charge in [-0.25, -0.2) is 0 Å². The van der Waals surface area contributed by atoms with Crippen molar-refractivity contribution in [3.05, 3.63) is 77.1 Å². The van der Waals surface area contributed by atoms with E-state index in [-0.39, 0.29) is 6.61 Å². The largest absolute Gasteiger partial charge is 0.494 e. The van der Waals surface area contributed by atoms with Crippen molar-refractivity contribution in [2.45, 2.75) is 44.6 Å². The van der Waals surface area contributed by atoms with Crippen molar-refractivity contribution >= 4 is 11.6 Å². The van der Waals surface area contributed by atoms with Crippen molar-refractivity contribution in [3.8, 4) is 11.5 Å². The van der Waals surface area contributed by atoms with Gasteiger partial charge < -0.3 is 19.7 Å². The summed E-state index contributed by atoms with van der Waals surface area (Å²) in [4.78, 5) is 2.13. The predicted molar refractivity (Wildman–Crippen MR) is 131 cm³/mol. The minimum atomic E-state index is -1.38. The first-order valence-corrected chi connectivity index (χ1v) is 12.0. The molecular weight excluding hydrogens is 454 g/mol. The molecule has 2 N–H and O–H groups in total. The van der Waals surface area contributed by atoms with Crippen molar-refractivity contribution in [2.75, 3.05) is 26.3 Å². The van der Waals surface area contributed by atoms with E-state index in [0.29, 0.717) is 43.4 Å². The molecule has 1 aromatic heterocycles. The molecule has 2 atom stereocenters. The van der Waals surface area contributed by atoms with Crippen LogP contribution in [0.2, 0.25) is 5.02 Å². The van der Waals surface area contributed by atoms with Crippen LogP contribution in [0, 0.1) is 6.92 Å². The van der Waals surface area contributed by atoms with Crippen LogP contribution in [0.3, 0.4) is 0 Å². The lowest BCUT2D eigenvalue weighted by Crippen LogP contribution is -2.59. The summed E-state index contributed by atoms with van der Waals surface area (Å²) in [6.45, 7) is 4.97. The minimum absolute atomic E-state index is 0.0345. The van der Waals surface area contributed by atoms with Crippen LogP contribution < -0.4 is 9.47 Å². The first-order valence-electron chi connectivity index (χ1n) is 11.6. The molecule has 34 heavy (non-hydrogen) atoms. The van der Waals surface area contributed by atoms with E-state index in [4.69, 9.17) is 21.1 Å². The molecule has 1 fully saturated rings. The third-order valence-electron chi connectivity index (χ3n) is 6.06. The van der Waals surface area contributed by atoms with Crippen LogP contribution in [0.1, 0.15) is 24.0 Å². The Kier molecular flexibility index (Phi) is 8.11. The van der Waals surface area contributed by atoms with Crippen molar-refractivity contribution in [2.24, 2.45) is 0 Å². The number of benzene rings is 2. The molecule has 3 aromatic rings. The standard InChI is InChI=1S/C26H32ClN3O4/c1-20-7-8-23(27)24(15-20)34-19-26(32)18-29(13-9-25(26)31)17-21-5-2-6-22(16-21)33-14-4-12-30-11-3-10-28-30/h2-3,5-8,10-11,15-16,25,31-32H,4,9,12-14,17-19H2,1H3. The van der Waals surface area contributed by atoms with Crippen LogP contribution in [0.5, 0.6) is 11.5 Å². The number of aromatic nitrogens is 2. The van der Waals surface area contributed by atoms with Gasteiger partial charge in [0.25, 0.3) is 0 Å². The Labute approximate surface area is 205 Å². The van der Waals surface area contributed by atoms with E-state index in [1.807, 2.05) is 60.3 Å². The zero-order valence-corrected chi connectivity index (χ0v) is 20.2. The molecular formula is C26H32ClN3O4. The molecule has 0 saturated carbocycles. The molecule has 182 valence electrons. The molecule has 0 aliphatic carbocycles. The normalized spacial score (nSPS) is 20.9. The van der Waals surface area contributed by atoms with Crippen LogP contribution in [0.4, 0.5) is 0 Å². The maximum atomic E-state index is 11.2. The summed E-state index contributed by atoms with van der Waals surface area (Å²) in [7, 11) is 0. The van der Waals surface area contributed by atoms with Gasteiger partial charge in [-0.2, -0.15) is 5.10 Å². The Morgan fingerprint density at radius 1 is 1.18 bits per heavy atom. The van der Waals surface area contributed by atoms with Gasteiger partial charge >= 0.3 is 0 Å². The number of aryl methyl sites for hydroxylation is 2. The number of aliphatic hydroxyl groups is 2. The van der Waals surface area contributed by atoms with Gasteiger partial charge in [0, 0.05) is 45.0 Å². The highest BCUT2D eigenvalue weighted by Crippen LogP contribution is 2.29. The number of hydrogen-bond donors (Lipinski definition) is 2. The van der Waals surface area contributed by atoms with Crippen LogP contribution in [-0.4, -0.2) is 62.9 Å². The fourth-order valence-corrected chi connectivity index (χ4v) is 4.36. The fourth-order valence-electron chi connectivity index (χ4n) is 4.19. The Morgan fingerprint density at radius 2 is 2.06 bits per heavy atom. The number of piperidine rings is 1. The second-order valence-electron chi connectivity index (χ2n) is 8.96. The molecule has 0 bridgehead atoms. The Hall–Kier alpha value is -2.58. The molecule has 2 unspecified atom stereocenters. The lowest BCUT2D eigenvalue weighted by Gasteiger charge is -2.42. The van der Waals surface area contributed by atoms with E-state index in [0.717, 1.165) is 29.8 Å². The smallest absolute Gasteiger partial charge is 0.138 e. The molecule has 0 spiro atoms. The number of nitrogens with zero attached hydrogens (tertiary/aromatic N) is 3. The third kappa shape index (κ3) is 6.51. The first kappa shape index (κ1) is 24.5. The molecule has 2 heterocycles. The molecule has 0 amide bonds. The number of β-amino-alcohol motifs (C(OH)–C–C–N with tert-alkyl or cyclic N) is 1. The van der Waals surface area contributed by atoms with E-state index in [1.165, 1.54) is 0 Å². The summed E-state index contributed by atoms with van der Waals surface area (Å²) in [6.07, 6.45) is 4.18. The topological polar surface area (TPSA) is 80.0 Å². The summed E-state index contributed by atoms with van der Waals surface area (Å²) in [5.74, 6) is 1.33. The Bertz CT molecular complexity index is 1060. The predicted octanol–water partition coefficient (Wildman–Crippen LogP) is 3.69. The van der Waals surface area contributed by atoms with Gasteiger partial charge in [0.2, 0.25) is 0 Å². The highest BCUT2D eigenvalue weighted by Gasteiger charge is 2.42. The maximum absolute atomic E-state index is 11.2. The molecule has 1 aliphatic heterocycles. The average molecular weight is 486 g/mol. The molecule has 1 saturated heterocycles. The SMILES string of the molecule is Cc1ccc(Cl)c(OCC2(O)CN(Cc3cccc(OCCCn4cccn4)c3)CCC2O)c1. The number of rotatable bonds is 10. The molecule has 8 heteroatoms. The summed E-state index contributed by atoms with van der Waals surface area (Å²) in [5, 5.41) is 26.4. The van der Waals surface area contributed by atoms with E-state index >= 15 is 0 Å². The van der Waals surface area contributed by atoms with E-state index in [1.54, 1.807) is 12.3 Å². The second-order valence-corrected chi connectivity index (χ2v) is 9.37. The summed E-state index contributed by atoms with van der Waals surface area (Å²) < 4.78 is 13.6. The number of likely N-dealkylation sites (tertiary alicyclic amines) is 1. The average Bonchev–Trinajstić information content (AvgIpc) is 3.34. The van der Waals surface area contributed by atoms with Crippen LogP contribution in [-0.2, 0) is 13.1 Å². The lowest BCUT2D eigenvalue weighted by atomic mass is 9.90. The van der Waals surface area contributed by atoms with Crippen molar-refractivity contribution in [3.63, 3.8) is 0 Å². The minimum Gasteiger partial charge on any atom is -0.494 e. The van der Waals surface area contributed by atoms with Gasteiger partial charge in [0.15, 0.2) is 0 Å². The number of aliphatic hydroxyl groups excluding tert-OH is 1. The fraction of sp³-hybridized carbons (Fsp3) is 0.423. The Morgan fingerprint density at radius 3 is 2.88 bits per heavy atom. The van der Waals surface area contributed by atoms with Crippen molar-refractivity contribution in [1.82, 2.24) is 14.7 Å². The molecule has 7 nitrogen and oxygen atoms in total. The maximum Gasteiger partial charge on any atom is 0.138 e. The van der Waals surface area contributed by atoms with E-state index < -0.39 is 11.7 Å². The van der Waals surface area contributed by atoms with Crippen molar-refractivity contribution < 1.29 is 19.7 Å². The molecule has 0 radical (unpaired) electrons. The summed E-state index contributed by atoms with van der Waals surface area (Å²) in [5.41, 5.74) is 0.720. The molecule has 4 rings (SSSR count). The zero-order chi connectivity index (χ0) is 24.0. The highest BCUT2D eigenvalue weighted by atomic mass is 35.5. The van der Waals surface area contributed by atoms with Crippen LogP contribution in [0.15, 0.2) is 60.9 Å². The lowest BCUT2D eigenvalue weighted by molar-refractivity contribution is -0.140. The van der Waals surface area contributed by atoms with Gasteiger partial charge in [0.1, 0.15) is 23.7 Å². The first-order chi connectivity index (χ1) is 16.4. The molecule has 1 aliphatic rings. The van der Waals surface area contributed by atoms with Gasteiger partial charge in [-0.05, 0) is 54.8 Å². The zero-order valence-electron chi connectivity index (χ0n) is 19.4. The quantitative estimate of drug-likeness (QED) is 0.426. The van der Waals surface area contributed by atoms with Gasteiger partial charge in [0.05, 0.1) is 17.7 Å². The van der Waals surface area contributed by atoms with Gasteiger partial charge in [-0.1, -0.05) is 29.8 Å². The molecule has 2 aromatic carbocycles. The summed E-state index contributed by atoms with van der Waals surface area (Å²) in [6, 6.07) is 15.4. The number of ether oxygens (including phenoxy) is 2. The monoisotopic (exact) mass is 485 g/mol. The second kappa shape index (κ2) is 11.2. The highest BCUT2D eigenvalue weighted by molar-refractivity contribution is 6.32. The summed E-state index contributed by atoms with van der Waals surface area (Å²) >= 11 is 6.22. The van der Waals surface area contributed by atoms with Crippen molar-refractivity contribution in [1.29, 1.82) is 0 Å². The van der Waals surface area contributed by atoms with Crippen LogP contribution >= 0.6 is 11.6 Å². The third-order valence-corrected chi connectivity index (χ3v) is 6.38.